The molecule has 0 bridgehead atoms. The third kappa shape index (κ3) is 4.78. The molecule has 0 aliphatic heterocycles. The number of phenols is 1. The van der Waals surface area contributed by atoms with Gasteiger partial charge in [-0.3, -0.25) is 0 Å². The minimum absolute atomic E-state index is 0. The van der Waals surface area contributed by atoms with Gasteiger partial charge in [0.1, 0.15) is 17.2 Å². The summed E-state index contributed by atoms with van der Waals surface area (Å²) in [6.45, 7) is 0.651. The lowest BCUT2D eigenvalue weighted by Gasteiger charge is -2.18. The van der Waals surface area contributed by atoms with Crippen LogP contribution in [-0.4, -0.2) is 25.9 Å². The van der Waals surface area contributed by atoms with Gasteiger partial charge in [-0.2, -0.15) is 0 Å². The summed E-state index contributed by atoms with van der Waals surface area (Å²) >= 11 is 0. The number of unbranched alkanes of at least 4 members (excludes halogenated alkanes) is 1. The average molecular weight is 291 g/mol. The monoisotopic (exact) mass is 290 g/mol. The molecule has 0 unspecified atom stereocenters. The quantitative estimate of drug-likeness (QED) is 0.668. The predicted octanol–water partition coefficient (Wildman–Crippen LogP) is 1.96. The summed E-state index contributed by atoms with van der Waals surface area (Å²) in [6, 6.07) is 3.00. The second kappa shape index (κ2) is 8.85. The van der Waals surface area contributed by atoms with Gasteiger partial charge in [0.25, 0.3) is 0 Å². The van der Waals surface area contributed by atoms with Crippen LogP contribution < -0.4 is 20.9 Å². The number of nitrogens with two attached hydrogens (primary N) is 2. The van der Waals surface area contributed by atoms with Gasteiger partial charge in [-0.15, -0.1) is 12.4 Å². The summed E-state index contributed by atoms with van der Waals surface area (Å²) in [5.41, 5.74) is 12.1. The first-order valence-corrected chi connectivity index (χ1v) is 6.04. The molecule has 0 aromatic heterocycles. The first kappa shape index (κ1) is 17.8. The lowest BCUT2D eigenvalue weighted by Crippen LogP contribution is -2.12. The third-order valence-electron chi connectivity index (χ3n) is 2.89. The molecule has 1 aromatic rings. The minimum Gasteiger partial charge on any atom is -0.507 e. The first-order chi connectivity index (χ1) is 8.63. The van der Waals surface area contributed by atoms with E-state index in [2.05, 4.69) is 0 Å². The molecule has 5 N–H and O–H groups in total. The molecule has 0 fully saturated rings. The Bertz CT molecular complexity index is 388. The Labute approximate surface area is 120 Å². The van der Waals surface area contributed by atoms with Crippen LogP contribution in [0.5, 0.6) is 17.2 Å². The maximum Gasteiger partial charge on any atom is 0.131 e. The Morgan fingerprint density at radius 1 is 1.21 bits per heavy atom. The highest BCUT2D eigenvalue weighted by molar-refractivity contribution is 5.85. The fraction of sp³-hybridized carbons (Fsp3) is 0.538. The molecule has 0 heterocycles. The minimum atomic E-state index is -0.266. The zero-order valence-corrected chi connectivity index (χ0v) is 12.2. The topological polar surface area (TPSA) is 90.7 Å². The van der Waals surface area contributed by atoms with Crippen LogP contribution in [0.3, 0.4) is 0 Å². The first-order valence-electron chi connectivity index (χ1n) is 6.04. The number of rotatable bonds is 7. The van der Waals surface area contributed by atoms with Crippen molar-refractivity contribution in [2.75, 3.05) is 20.8 Å². The number of aromatic hydroxyl groups is 1. The standard InChI is InChI=1S/C13H22N2O3.ClH/c1-17-9-7-11(16)13(12(8-9)18-2)10(15)5-3-4-6-14;/h7-8,10,16H,3-6,14-15H2,1-2H3;1H/t10-;/m0./s1. The van der Waals surface area contributed by atoms with E-state index >= 15 is 0 Å². The molecule has 0 saturated carbocycles. The normalized spacial score (nSPS) is 11.6. The van der Waals surface area contributed by atoms with Crippen LogP contribution in [0.1, 0.15) is 30.9 Å². The van der Waals surface area contributed by atoms with Gasteiger partial charge in [-0.25, -0.2) is 0 Å². The Hall–Kier alpha value is -1.17. The Morgan fingerprint density at radius 3 is 2.42 bits per heavy atom. The highest BCUT2D eigenvalue weighted by atomic mass is 35.5. The van der Waals surface area contributed by atoms with Crippen molar-refractivity contribution >= 4 is 12.4 Å². The summed E-state index contributed by atoms with van der Waals surface area (Å²) in [7, 11) is 3.08. The maximum absolute atomic E-state index is 10.00. The number of ether oxygens (including phenoxy) is 2. The average Bonchev–Trinajstić information content (AvgIpc) is 2.37. The number of hydrogen-bond acceptors (Lipinski definition) is 5. The van der Waals surface area contributed by atoms with Gasteiger partial charge in [0.05, 0.1) is 19.8 Å². The number of hydrogen-bond donors (Lipinski definition) is 3. The van der Waals surface area contributed by atoms with Crippen molar-refractivity contribution in [3.05, 3.63) is 17.7 Å². The molecular weight excluding hydrogens is 268 g/mol. The molecule has 6 heteroatoms. The van der Waals surface area contributed by atoms with Crippen molar-refractivity contribution in [3.63, 3.8) is 0 Å². The summed E-state index contributed by atoms with van der Waals surface area (Å²) < 4.78 is 10.3. The van der Waals surface area contributed by atoms with Crippen LogP contribution in [0.4, 0.5) is 0 Å². The van der Waals surface area contributed by atoms with Crippen molar-refractivity contribution in [1.82, 2.24) is 0 Å². The molecule has 0 radical (unpaired) electrons. The van der Waals surface area contributed by atoms with E-state index in [1.165, 1.54) is 7.11 Å². The zero-order valence-electron chi connectivity index (χ0n) is 11.4. The molecule has 0 aliphatic rings. The Morgan fingerprint density at radius 2 is 1.89 bits per heavy atom. The third-order valence-corrected chi connectivity index (χ3v) is 2.89. The molecule has 110 valence electrons. The lowest BCUT2D eigenvalue weighted by molar-refractivity contribution is 0.373. The number of halogens is 1. The Kier molecular flexibility index (Phi) is 8.30. The molecule has 0 aliphatic carbocycles. The number of benzene rings is 1. The van der Waals surface area contributed by atoms with Crippen LogP contribution in [0.2, 0.25) is 0 Å². The van der Waals surface area contributed by atoms with Crippen molar-refractivity contribution in [2.24, 2.45) is 11.5 Å². The summed E-state index contributed by atoms with van der Waals surface area (Å²) in [6.07, 6.45) is 2.60. The van der Waals surface area contributed by atoms with Crippen LogP contribution in [-0.2, 0) is 0 Å². The van der Waals surface area contributed by atoms with E-state index in [1.54, 1.807) is 19.2 Å². The molecule has 0 spiro atoms. The summed E-state index contributed by atoms with van der Waals surface area (Å²) in [5.74, 6) is 1.20. The van der Waals surface area contributed by atoms with Crippen LogP contribution >= 0.6 is 12.4 Å². The van der Waals surface area contributed by atoms with E-state index in [4.69, 9.17) is 20.9 Å². The molecule has 5 nitrogen and oxygen atoms in total. The second-order valence-electron chi connectivity index (χ2n) is 4.15. The lowest BCUT2D eigenvalue weighted by atomic mass is 9.99. The van der Waals surface area contributed by atoms with Crippen molar-refractivity contribution in [1.29, 1.82) is 0 Å². The summed E-state index contributed by atoms with van der Waals surface area (Å²) in [5, 5.41) is 10.00. The van der Waals surface area contributed by atoms with Gasteiger partial charge < -0.3 is 26.0 Å². The molecule has 1 atom stereocenters. The van der Waals surface area contributed by atoms with Crippen LogP contribution in [0.25, 0.3) is 0 Å². The van der Waals surface area contributed by atoms with Gasteiger partial charge in [0.2, 0.25) is 0 Å². The van der Waals surface area contributed by atoms with E-state index in [9.17, 15) is 5.11 Å². The molecular formula is C13H23ClN2O3. The fourth-order valence-electron chi connectivity index (χ4n) is 1.90. The number of methoxy groups -OCH3 is 2. The molecule has 19 heavy (non-hydrogen) atoms. The van der Waals surface area contributed by atoms with Crippen molar-refractivity contribution < 1.29 is 14.6 Å². The molecule has 1 rings (SSSR count). The van der Waals surface area contributed by atoms with Gasteiger partial charge in [-0.1, -0.05) is 6.42 Å². The smallest absolute Gasteiger partial charge is 0.131 e. The fourth-order valence-corrected chi connectivity index (χ4v) is 1.90. The van der Waals surface area contributed by atoms with Gasteiger partial charge in [0, 0.05) is 18.2 Å². The van der Waals surface area contributed by atoms with E-state index in [0.717, 1.165) is 19.3 Å². The SMILES string of the molecule is COc1cc(O)c([C@@H](N)CCCCN)c(OC)c1.Cl. The van der Waals surface area contributed by atoms with Crippen LogP contribution in [0, 0.1) is 0 Å². The van der Waals surface area contributed by atoms with Crippen molar-refractivity contribution in [3.8, 4) is 17.2 Å². The van der Waals surface area contributed by atoms with Gasteiger partial charge in [-0.05, 0) is 19.4 Å². The van der Waals surface area contributed by atoms with E-state index in [0.29, 0.717) is 23.6 Å². The van der Waals surface area contributed by atoms with Crippen LogP contribution in [0.15, 0.2) is 12.1 Å². The number of phenolic OH excluding ortho intramolecular Hbond substituents is 1. The van der Waals surface area contributed by atoms with E-state index in [-0.39, 0.29) is 24.2 Å². The van der Waals surface area contributed by atoms with Gasteiger partial charge in [0.15, 0.2) is 0 Å². The van der Waals surface area contributed by atoms with Crippen molar-refractivity contribution in [2.45, 2.75) is 25.3 Å². The molecule has 0 saturated heterocycles. The molecule has 0 amide bonds. The summed E-state index contributed by atoms with van der Waals surface area (Å²) in [4.78, 5) is 0. The highest BCUT2D eigenvalue weighted by Crippen LogP contribution is 2.38. The second-order valence-corrected chi connectivity index (χ2v) is 4.15. The van der Waals surface area contributed by atoms with E-state index < -0.39 is 0 Å². The predicted molar refractivity (Wildman–Crippen MR) is 78.3 cm³/mol. The largest absolute Gasteiger partial charge is 0.507 e. The highest BCUT2D eigenvalue weighted by Gasteiger charge is 2.18. The maximum atomic E-state index is 10.00. The molecule has 1 aromatic carbocycles. The van der Waals surface area contributed by atoms with E-state index in [1.807, 2.05) is 0 Å². The van der Waals surface area contributed by atoms with Gasteiger partial charge >= 0.3 is 0 Å². The Balaban J connectivity index is 0.00000324. The zero-order chi connectivity index (χ0) is 13.5.